The van der Waals surface area contributed by atoms with Crippen LogP contribution in [0.2, 0.25) is 0 Å². The Kier molecular flexibility index (Phi) is 14.3. The van der Waals surface area contributed by atoms with E-state index in [1.807, 2.05) is 37.4 Å². The maximum Gasteiger partial charge on any atom is 0.261 e. The van der Waals surface area contributed by atoms with E-state index < -0.39 is 0 Å². The third-order valence-electron chi connectivity index (χ3n) is 5.45. The number of carbonyl (C=O) groups is 1. The Morgan fingerprint density at radius 1 is 1.17 bits per heavy atom. The lowest BCUT2D eigenvalue weighted by atomic mass is 10.1. The zero-order valence-electron chi connectivity index (χ0n) is 21.3. The number of allylic oxidation sites excluding steroid dienone is 4. The first-order chi connectivity index (χ1) is 17.6. The molecule has 0 aliphatic carbocycles. The van der Waals surface area contributed by atoms with Gasteiger partial charge in [0.05, 0.1) is 22.1 Å². The number of nitrogens with zero attached hydrogens (tertiary/aromatic N) is 3. The van der Waals surface area contributed by atoms with E-state index in [1.54, 1.807) is 12.3 Å². The number of rotatable bonds is 17. The van der Waals surface area contributed by atoms with Crippen LogP contribution in [0.25, 0.3) is 10.6 Å². The molecule has 0 saturated carbocycles. The van der Waals surface area contributed by atoms with Crippen molar-refractivity contribution in [3.05, 3.63) is 65.4 Å². The molecule has 0 aromatic carbocycles. The molecular weight excluding hydrogens is 474 g/mol. The van der Waals surface area contributed by atoms with Crippen LogP contribution in [0.4, 0.5) is 5.95 Å². The lowest BCUT2D eigenvalue weighted by molar-refractivity contribution is 0.0956. The number of hydrogen-bond donors (Lipinski definition) is 4. The van der Waals surface area contributed by atoms with Gasteiger partial charge in [-0.2, -0.15) is 0 Å². The van der Waals surface area contributed by atoms with Crippen molar-refractivity contribution in [1.82, 2.24) is 20.2 Å². The fraction of sp³-hybridized carbons (Fsp3) is 0.444. The number of nitrogens with one attached hydrogen (secondary N) is 2. The van der Waals surface area contributed by atoms with Crippen LogP contribution in [0.5, 0.6) is 0 Å². The highest BCUT2D eigenvalue weighted by Crippen LogP contribution is 2.27. The summed E-state index contributed by atoms with van der Waals surface area (Å²) in [5.74, 6) is 0.368. The zero-order chi connectivity index (χ0) is 26.0. The van der Waals surface area contributed by atoms with Gasteiger partial charge >= 0.3 is 0 Å². The van der Waals surface area contributed by atoms with Crippen LogP contribution in [0.1, 0.15) is 49.2 Å². The van der Waals surface area contributed by atoms with Crippen LogP contribution in [-0.2, 0) is 0 Å². The number of amides is 1. The van der Waals surface area contributed by atoms with Crippen LogP contribution < -0.4 is 10.6 Å². The van der Waals surface area contributed by atoms with Crippen molar-refractivity contribution in [2.24, 2.45) is 0 Å². The second-order valence-electron chi connectivity index (χ2n) is 8.09. The van der Waals surface area contributed by atoms with Gasteiger partial charge in [0.15, 0.2) is 0 Å². The second-order valence-corrected chi connectivity index (χ2v) is 9.17. The minimum Gasteiger partial charge on any atom is -0.396 e. The van der Waals surface area contributed by atoms with Crippen LogP contribution in [0.15, 0.2) is 60.5 Å². The molecule has 0 fully saturated rings. The lowest BCUT2D eigenvalue weighted by Crippen LogP contribution is -2.27. The van der Waals surface area contributed by atoms with Crippen molar-refractivity contribution >= 4 is 23.2 Å². The quantitative estimate of drug-likeness (QED) is 0.142. The van der Waals surface area contributed by atoms with E-state index in [4.69, 9.17) is 5.11 Å². The van der Waals surface area contributed by atoms with Gasteiger partial charge in [0, 0.05) is 38.6 Å². The average molecular weight is 514 g/mol. The van der Waals surface area contributed by atoms with Crippen LogP contribution in [-0.4, -0.2) is 70.4 Å². The number of aliphatic hydroxyl groups excluding tert-OH is 2. The predicted molar refractivity (Wildman–Crippen MR) is 148 cm³/mol. The molecule has 196 valence electrons. The maximum atomic E-state index is 12.3. The highest BCUT2D eigenvalue weighted by atomic mass is 32.1. The standard InChI is InChI=1S/C27H39N5O3S/c1-3-5-6-9-22(14-18-32(4-2)19-21-34)12-16-29-27-30-17-13-23(31-27)24-10-11-25(36-24)26(35)28-15-7-8-20-33/h3,5,9-13,16-17,33-34H,4,6-8,14-15,18-21H2,1-2H3,(H,28,35)(H,29,30,31)/b5-3-,16-12+,22-9?. The maximum absolute atomic E-state index is 12.3. The Morgan fingerprint density at radius 2 is 2.03 bits per heavy atom. The van der Waals surface area contributed by atoms with Crippen molar-refractivity contribution in [2.45, 2.75) is 39.5 Å². The minimum atomic E-state index is -0.114. The zero-order valence-corrected chi connectivity index (χ0v) is 22.1. The Bertz CT molecular complexity index is 1000. The molecule has 36 heavy (non-hydrogen) atoms. The summed E-state index contributed by atoms with van der Waals surface area (Å²) in [7, 11) is 0. The highest BCUT2D eigenvalue weighted by Gasteiger charge is 2.11. The molecule has 0 atom stereocenters. The van der Waals surface area contributed by atoms with E-state index in [-0.39, 0.29) is 19.1 Å². The number of likely N-dealkylation sites (N-methyl/N-ethyl adjacent to an activating group) is 1. The predicted octanol–water partition coefficient (Wildman–Crippen LogP) is 4.23. The first-order valence-electron chi connectivity index (χ1n) is 12.5. The number of aromatic nitrogens is 2. The van der Waals surface area contributed by atoms with Gasteiger partial charge < -0.3 is 25.7 Å². The summed E-state index contributed by atoms with van der Waals surface area (Å²) >= 11 is 1.39. The first kappa shape index (κ1) is 29.4. The smallest absolute Gasteiger partial charge is 0.261 e. The molecule has 0 aliphatic heterocycles. The molecule has 2 heterocycles. The molecule has 0 saturated heterocycles. The van der Waals surface area contributed by atoms with Crippen LogP contribution in [0.3, 0.4) is 0 Å². The van der Waals surface area contributed by atoms with Gasteiger partial charge in [-0.15, -0.1) is 11.3 Å². The Morgan fingerprint density at radius 3 is 2.78 bits per heavy atom. The minimum absolute atomic E-state index is 0.114. The van der Waals surface area contributed by atoms with Crippen molar-refractivity contribution in [3.8, 4) is 10.6 Å². The Balaban J connectivity index is 2.00. The molecule has 0 bridgehead atoms. The number of carbonyl (C=O) groups excluding carboxylic acids is 1. The number of aliphatic hydroxyl groups is 2. The van der Waals surface area contributed by atoms with Crippen LogP contribution in [0, 0.1) is 0 Å². The average Bonchev–Trinajstić information content (AvgIpc) is 3.39. The van der Waals surface area contributed by atoms with Gasteiger partial charge in [-0.3, -0.25) is 4.79 Å². The van der Waals surface area contributed by atoms with Crippen molar-refractivity contribution < 1.29 is 15.0 Å². The second kappa shape index (κ2) is 17.6. The summed E-state index contributed by atoms with van der Waals surface area (Å²) in [6, 6.07) is 5.52. The molecule has 2 aromatic heterocycles. The Labute approximate surface area is 218 Å². The summed E-state index contributed by atoms with van der Waals surface area (Å²) in [6.45, 7) is 7.42. The molecule has 4 N–H and O–H groups in total. The van der Waals surface area contributed by atoms with Gasteiger partial charge in [0.25, 0.3) is 5.91 Å². The summed E-state index contributed by atoms with van der Waals surface area (Å²) in [6.07, 6.45) is 15.1. The first-order valence-corrected chi connectivity index (χ1v) is 13.3. The van der Waals surface area contributed by atoms with Crippen molar-refractivity contribution in [1.29, 1.82) is 0 Å². The van der Waals surface area contributed by atoms with Gasteiger partial charge in [-0.1, -0.05) is 25.2 Å². The molecule has 2 rings (SSSR count). The topological polar surface area (TPSA) is 111 Å². The summed E-state index contributed by atoms with van der Waals surface area (Å²) in [4.78, 5) is 25.0. The molecule has 0 radical (unpaired) electrons. The third kappa shape index (κ3) is 10.8. The van der Waals surface area contributed by atoms with E-state index in [0.29, 0.717) is 30.3 Å². The van der Waals surface area contributed by atoms with Gasteiger partial charge in [0.1, 0.15) is 0 Å². The highest BCUT2D eigenvalue weighted by molar-refractivity contribution is 7.17. The Hall–Kier alpha value is -2.85. The fourth-order valence-electron chi connectivity index (χ4n) is 3.38. The number of hydrogen-bond acceptors (Lipinski definition) is 8. The largest absolute Gasteiger partial charge is 0.396 e. The molecule has 8 nitrogen and oxygen atoms in total. The summed E-state index contributed by atoms with van der Waals surface area (Å²) in [5, 5.41) is 24.1. The monoisotopic (exact) mass is 513 g/mol. The van der Waals surface area contributed by atoms with E-state index in [2.05, 4.69) is 44.6 Å². The number of unbranched alkanes of at least 4 members (excludes halogenated alkanes) is 1. The van der Waals surface area contributed by atoms with Crippen molar-refractivity contribution in [2.75, 3.05) is 44.7 Å². The van der Waals surface area contributed by atoms with E-state index in [0.717, 1.165) is 42.9 Å². The van der Waals surface area contributed by atoms with E-state index >= 15 is 0 Å². The molecule has 0 spiro atoms. The van der Waals surface area contributed by atoms with Crippen molar-refractivity contribution in [3.63, 3.8) is 0 Å². The van der Waals surface area contributed by atoms with Crippen LogP contribution >= 0.6 is 11.3 Å². The molecule has 0 aliphatic rings. The van der Waals surface area contributed by atoms with Gasteiger partial charge in [0.2, 0.25) is 5.95 Å². The number of thiophene rings is 1. The summed E-state index contributed by atoms with van der Waals surface area (Å²) in [5.41, 5.74) is 1.94. The third-order valence-corrected chi connectivity index (χ3v) is 6.56. The molecular formula is C27H39N5O3S. The fourth-order valence-corrected chi connectivity index (χ4v) is 4.27. The van der Waals surface area contributed by atoms with E-state index in [9.17, 15) is 9.90 Å². The molecule has 2 aromatic rings. The van der Waals surface area contributed by atoms with E-state index in [1.165, 1.54) is 16.9 Å². The summed E-state index contributed by atoms with van der Waals surface area (Å²) < 4.78 is 0. The molecule has 1 amide bonds. The molecule has 0 unspecified atom stereocenters. The lowest BCUT2D eigenvalue weighted by Gasteiger charge is -2.19. The normalized spacial score (nSPS) is 12.2. The molecule has 9 heteroatoms. The van der Waals surface area contributed by atoms with Gasteiger partial charge in [-0.05, 0) is 69.0 Å². The SMILES string of the molecule is C/C=C\CC=C(/C=C/Nc1nccc(-c2ccc(C(=O)NCCCCO)s2)n1)CCN(CC)CCO. The van der Waals surface area contributed by atoms with Gasteiger partial charge in [-0.25, -0.2) is 9.97 Å². The number of anilines is 1.